The summed E-state index contributed by atoms with van der Waals surface area (Å²) in [6.45, 7) is 11.0. The van der Waals surface area contributed by atoms with Crippen molar-refractivity contribution in [2.24, 2.45) is 0 Å². The van der Waals surface area contributed by atoms with Crippen molar-refractivity contribution in [2.45, 2.75) is 53.3 Å². The summed E-state index contributed by atoms with van der Waals surface area (Å²) >= 11 is -2.11. The first kappa shape index (κ1) is 14.3. The normalized spacial score (nSPS) is 11.4. The van der Waals surface area contributed by atoms with Crippen LogP contribution in [0.1, 0.15) is 40.0 Å². The molecule has 0 rings (SSSR count). The van der Waals surface area contributed by atoms with Crippen molar-refractivity contribution in [3.8, 4) is 0 Å². The molecule has 0 aromatic carbocycles. The molecule has 0 aromatic rings. The SMILES string of the molecule is C=[C](OC)[Sn]([CH2]CC)([CH2]CC)[CH2]CC. The second kappa shape index (κ2) is 7.61. The van der Waals surface area contributed by atoms with E-state index in [2.05, 4.69) is 27.4 Å². The number of hydrogen-bond donors (Lipinski definition) is 0. The van der Waals surface area contributed by atoms with Crippen LogP contribution in [0, 0.1) is 0 Å². The molecule has 0 heterocycles. The first-order valence-corrected chi connectivity index (χ1v) is 13.4. The molecule has 0 bridgehead atoms. The molecular weight excluding hydrogens is 279 g/mol. The van der Waals surface area contributed by atoms with Gasteiger partial charge >= 0.3 is 93.9 Å². The third-order valence-electron chi connectivity index (χ3n) is 3.02. The summed E-state index contributed by atoms with van der Waals surface area (Å²) < 4.78 is 10.9. The van der Waals surface area contributed by atoms with Crippen LogP contribution in [0.25, 0.3) is 0 Å². The van der Waals surface area contributed by atoms with E-state index in [1.165, 1.54) is 36.3 Å². The average molecular weight is 305 g/mol. The zero-order chi connectivity index (χ0) is 11.0. The molecule has 0 N–H and O–H groups in total. The van der Waals surface area contributed by atoms with E-state index in [0.29, 0.717) is 0 Å². The van der Waals surface area contributed by atoms with Gasteiger partial charge in [-0.15, -0.1) is 0 Å². The molecule has 0 aliphatic carbocycles. The van der Waals surface area contributed by atoms with Crippen molar-refractivity contribution in [2.75, 3.05) is 7.11 Å². The molecule has 0 aliphatic heterocycles. The Morgan fingerprint density at radius 3 is 1.57 bits per heavy atom. The van der Waals surface area contributed by atoms with Gasteiger partial charge in [0.1, 0.15) is 0 Å². The van der Waals surface area contributed by atoms with E-state index < -0.39 is 18.4 Å². The Hall–Kier alpha value is 0.339. The van der Waals surface area contributed by atoms with Gasteiger partial charge in [-0.05, 0) is 0 Å². The standard InChI is InChI=1S/C3H5O.3C3H7.Sn/c1-3-4-2;3*1-3-2;/h1H2,2H3;3*1,3H2,2H3;. The van der Waals surface area contributed by atoms with E-state index in [9.17, 15) is 0 Å². The van der Waals surface area contributed by atoms with E-state index in [-0.39, 0.29) is 0 Å². The summed E-state index contributed by atoms with van der Waals surface area (Å²) in [7, 11) is 1.80. The van der Waals surface area contributed by atoms with Crippen LogP contribution in [0.3, 0.4) is 0 Å². The molecule has 0 spiro atoms. The van der Waals surface area contributed by atoms with Gasteiger partial charge in [0.2, 0.25) is 0 Å². The van der Waals surface area contributed by atoms with Gasteiger partial charge in [-0.2, -0.15) is 0 Å². The number of methoxy groups -OCH3 is 1. The summed E-state index contributed by atoms with van der Waals surface area (Å²) in [4.78, 5) is 0. The Bertz CT molecular complexity index is 149. The van der Waals surface area contributed by atoms with Gasteiger partial charge in [-0.1, -0.05) is 0 Å². The van der Waals surface area contributed by atoms with Gasteiger partial charge in [0, 0.05) is 0 Å². The third kappa shape index (κ3) is 3.83. The second-order valence-electron chi connectivity index (χ2n) is 4.16. The minimum atomic E-state index is -2.11. The molecule has 1 nitrogen and oxygen atoms in total. The van der Waals surface area contributed by atoms with E-state index in [1.807, 2.05) is 0 Å². The van der Waals surface area contributed by atoms with Crippen molar-refractivity contribution >= 4 is 18.4 Å². The van der Waals surface area contributed by atoms with Crippen molar-refractivity contribution in [1.82, 2.24) is 0 Å². The quantitative estimate of drug-likeness (QED) is 0.478. The molecular formula is C12H26OSn. The predicted octanol–water partition coefficient (Wildman–Crippen LogP) is 4.36. The van der Waals surface area contributed by atoms with E-state index in [4.69, 9.17) is 4.74 Å². The van der Waals surface area contributed by atoms with Crippen molar-refractivity contribution in [1.29, 1.82) is 0 Å². The van der Waals surface area contributed by atoms with Crippen LogP contribution < -0.4 is 0 Å². The Labute approximate surface area is 93.8 Å². The van der Waals surface area contributed by atoms with Crippen LogP contribution >= 0.6 is 0 Å². The number of rotatable bonds is 8. The Morgan fingerprint density at radius 1 is 1.00 bits per heavy atom. The Kier molecular flexibility index (Phi) is 7.79. The van der Waals surface area contributed by atoms with E-state index in [0.717, 1.165) is 0 Å². The fourth-order valence-corrected chi connectivity index (χ4v) is 16.4. The predicted molar refractivity (Wildman–Crippen MR) is 67.2 cm³/mol. The number of hydrogen-bond acceptors (Lipinski definition) is 1. The molecule has 0 aliphatic rings. The summed E-state index contributed by atoms with van der Waals surface area (Å²) in [5.41, 5.74) is 0. The number of ether oxygens (including phenoxy) is 1. The van der Waals surface area contributed by atoms with E-state index >= 15 is 0 Å². The molecule has 2 heteroatoms. The molecule has 84 valence electrons. The first-order chi connectivity index (χ1) is 6.66. The fourth-order valence-electron chi connectivity index (χ4n) is 2.45. The van der Waals surface area contributed by atoms with Crippen LogP contribution in [0.5, 0.6) is 0 Å². The van der Waals surface area contributed by atoms with Crippen LogP contribution in [-0.4, -0.2) is 25.5 Å². The summed E-state index contributed by atoms with van der Waals surface area (Å²) in [5, 5.41) is 0. The molecule has 0 amide bonds. The van der Waals surface area contributed by atoms with Gasteiger partial charge in [-0.3, -0.25) is 0 Å². The van der Waals surface area contributed by atoms with Gasteiger partial charge in [0.25, 0.3) is 0 Å². The molecule has 0 saturated heterocycles. The Morgan fingerprint density at radius 2 is 1.36 bits per heavy atom. The second-order valence-corrected chi connectivity index (χ2v) is 17.3. The topological polar surface area (TPSA) is 9.23 Å². The van der Waals surface area contributed by atoms with Crippen LogP contribution in [0.4, 0.5) is 0 Å². The zero-order valence-corrected chi connectivity index (χ0v) is 13.2. The van der Waals surface area contributed by atoms with Crippen molar-refractivity contribution < 1.29 is 4.74 Å². The van der Waals surface area contributed by atoms with Gasteiger partial charge < -0.3 is 0 Å². The summed E-state index contributed by atoms with van der Waals surface area (Å²) in [5.74, 6) is 0. The van der Waals surface area contributed by atoms with Crippen molar-refractivity contribution in [3.05, 3.63) is 10.4 Å². The van der Waals surface area contributed by atoms with Gasteiger partial charge in [0.05, 0.1) is 0 Å². The summed E-state index contributed by atoms with van der Waals surface area (Å²) in [6, 6.07) is 0. The molecule has 0 radical (unpaired) electrons. The van der Waals surface area contributed by atoms with Crippen molar-refractivity contribution in [3.63, 3.8) is 0 Å². The monoisotopic (exact) mass is 306 g/mol. The Balaban J connectivity index is 4.62. The molecule has 0 aromatic heterocycles. The molecule has 0 atom stereocenters. The van der Waals surface area contributed by atoms with Gasteiger partial charge in [0.15, 0.2) is 0 Å². The molecule has 0 unspecified atom stereocenters. The van der Waals surface area contributed by atoms with Gasteiger partial charge in [-0.25, -0.2) is 0 Å². The average Bonchev–Trinajstić information content (AvgIpc) is 2.17. The maximum atomic E-state index is 5.47. The fraction of sp³-hybridized carbons (Fsp3) is 0.833. The summed E-state index contributed by atoms with van der Waals surface area (Å²) in [6.07, 6.45) is 3.91. The molecule has 0 saturated carbocycles. The van der Waals surface area contributed by atoms with Crippen LogP contribution in [0.2, 0.25) is 13.3 Å². The maximum absolute atomic E-state index is 5.47. The zero-order valence-electron chi connectivity index (χ0n) is 10.4. The minimum absolute atomic E-state index is 1.20. The van der Waals surface area contributed by atoms with Crippen LogP contribution in [0.15, 0.2) is 10.4 Å². The van der Waals surface area contributed by atoms with Crippen LogP contribution in [-0.2, 0) is 4.74 Å². The van der Waals surface area contributed by atoms with E-state index in [1.54, 1.807) is 7.11 Å². The molecule has 0 fully saturated rings. The molecule has 14 heavy (non-hydrogen) atoms. The first-order valence-electron chi connectivity index (χ1n) is 5.90. The third-order valence-corrected chi connectivity index (χ3v) is 19.5.